The van der Waals surface area contributed by atoms with Crippen molar-refractivity contribution in [1.29, 1.82) is 0 Å². The van der Waals surface area contributed by atoms with Gasteiger partial charge in [0.15, 0.2) is 11.5 Å². The molecule has 2 fully saturated rings. The Kier molecular flexibility index (Phi) is 8.23. The second-order valence-corrected chi connectivity index (χ2v) is 12.6. The van der Waals surface area contributed by atoms with Crippen molar-refractivity contribution in [3.63, 3.8) is 0 Å². The molecule has 8 nitrogen and oxygen atoms in total. The number of aromatic hydroxyl groups is 1. The number of phenolic OH excluding ortho intramolecular Hbond substituents is 1. The van der Waals surface area contributed by atoms with E-state index >= 15 is 0 Å². The predicted octanol–water partition coefficient (Wildman–Crippen LogP) is 5.96. The molecule has 7 rings (SSSR count). The van der Waals surface area contributed by atoms with Crippen molar-refractivity contribution in [3.8, 4) is 11.5 Å². The number of carbonyl (C=O) groups is 2. The van der Waals surface area contributed by atoms with Crippen molar-refractivity contribution in [1.82, 2.24) is 14.8 Å². The normalized spacial score (nSPS) is 21.5. The third kappa shape index (κ3) is 5.68. The highest BCUT2D eigenvalue weighted by Gasteiger charge is 2.36. The van der Waals surface area contributed by atoms with Crippen LogP contribution in [0.25, 0.3) is 10.9 Å². The van der Waals surface area contributed by atoms with Crippen molar-refractivity contribution in [2.45, 2.75) is 57.0 Å². The van der Waals surface area contributed by atoms with E-state index in [0.29, 0.717) is 56.6 Å². The maximum absolute atomic E-state index is 14.0. The third-order valence-electron chi connectivity index (χ3n) is 9.91. The number of fused-ring (bicyclic) bond motifs is 5. The fourth-order valence-electron chi connectivity index (χ4n) is 7.62. The Labute approximate surface area is 264 Å². The standard InChI is InChI=1S/C37H41N3O5/c1-44-33-19-24(11-14-32(33)41)22-38-36(42)27-12-13-30-31(21-27)40-23-28(37(43)39-15-17-45-18-16-39)20-26-9-5-6-10-29(26)35(40)34(30)25-7-3-2-4-8-25/h5-6,9-14,19-21,25-26,29,41H,2-4,7-8,15-18,22-23H2,1H3,(H,38,42). The molecule has 0 radical (unpaired) electrons. The van der Waals surface area contributed by atoms with Crippen molar-refractivity contribution >= 4 is 22.7 Å². The summed E-state index contributed by atoms with van der Waals surface area (Å²) in [6.07, 6.45) is 17.0. The van der Waals surface area contributed by atoms with E-state index in [-0.39, 0.29) is 29.4 Å². The van der Waals surface area contributed by atoms with Gasteiger partial charge in [-0.05, 0) is 54.2 Å². The van der Waals surface area contributed by atoms with Crippen LogP contribution < -0.4 is 10.1 Å². The minimum atomic E-state index is -0.175. The van der Waals surface area contributed by atoms with E-state index in [9.17, 15) is 14.7 Å². The summed E-state index contributed by atoms with van der Waals surface area (Å²) >= 11 is 0. The highest BCUT2D eigenvalue weighted by Crippen LogP contribution is 2.47. The van der Waals surface area contributed by atoms with E-state index in [1.807, 2.05) is 17.0 Å². The second-order valence-electron chi connectivity index (χ2n) is 12.6. The smallest absolute Gasteiger partial charge is 0.251 e. The lowest BCUT2D eigenvalue weighted by molar-refractivity contribution is -0.131. The first-order chi connectivity index (χ1) is 22.0. The van der Waals surface area contributed by atoms with Crippen molar-refractivity contribution in [2.24, 2.45) is 5.92 Å². The second kappa shape index (κ2) is 12.6. The van der Waals surface area contributed by atoms with Crippen molar-refractivity contribution in [3.05, 3.63) is 94.7 Å². The number of hydrogen-bond acceptors (Lipinski definition) is 5. The van der Waals surface area contributed by atoms with Crippen LogP contribution >= 0.6 is 0 Å². The van der Waals surface area contributed by atoms with Crippen LogP contribution in [0.5, 0.6) is 11.5 Å². The molecule has 2 aliphatic carbocycles. The predicted molar refractivity (Wildman–Crippen MR) is 174 cm³/mol. The molecule has 45 heavy (non-hydrogen) atoms. The van der Waals surface area contributed by atoms with E-state index in [0.717, 1.165) is 29.5 Å². The number of nitrogens with one attached hydrogen (secondary N) is 1. The molecule has 2 N–H and O–H groups in total. The number of aromatic nitrogens is 1. The SMILES string of the molecule is COc1cc(CNC(=O)c2ccc3c(C4CCCCC4)c4n(c3c2)CC(C(=O)N2CCOCC2)=CC2C=CC=CC42)ccc1O. The molecule has 2 aliphatic heterocycles. The van der Waals surface area contributed by atoms with Crippen LogP contribution in [-0.2, 0) is 22.6 Å². The van der Waals surface area contributed by atoms with Crippen LogP contribution in [0.1, 0.15) is 71.1 Å². The zero-order chi connectivity index (χ0) is 30.9. The summed E-state index contributed by atoms with van der Waals surface area (Å²) in [6, 6.07) is 11.1. The van der Waals surface area contributed by atoms with E-state index in [4.69, 9.17) is 9.47 Å². The Morgan fingerprint density at radius 1 is 1.02 bits per heavy atom. The highest BCUT2D eigenvalue weighted by molar-refractivity contribution is 6.00. The van der Waals surface area contributed by atoms with Crippen LogP contribution in [0.15, 0.2) is 72.4 Å². The molecule has 2 amide bonds. The van der Waals surface area contributed by atoms with Gasteiger partial charge in [-0.1, -0.05) is 61.8 Å². The molecule has 8 heteroatoms. The molecule has 234 valence electrons. The van der Waals surface area contributed by atoms with Crippen LogP contribution in [0.4, 0.5) is 0 Å². The molecule has 3 aromatic rings. The first kappa shape index (κ1) is 29.4. The van der Waals surface area contributed by atoms with Gasteiger partial charge in [0.2, 0.25) is 0 Å². The number of allylic oxidation sites excluding steroid dienone is 5. The topological polar surface area (TPSA) is 93.0 Å². The molecule has 4 aliphatic rings. The van der Waals surface area contributed by atoms with Gasteiger partial charge in [-0.2, -0.15) is 0 Å². The fraction of sp³-hybridized carbons (Fsp3) is 0.405. The zero-order valence-corrected chi connectivity index (χ0v) is 25.8. The van der Waals surface area contributed by atoms with E-state index in [1.165, 1.54) is 43.0 Å². The quantitative estimate of drug-likeness (QED) is 0.361. The fourth-order valence-corrected chi connectivity index (χ4v) is 7.62. The molecule has 1 saturated carbocycles. The number of methoxy groups -OCH3 is 1. The Bertz CT molecular complexity index is 1700. The molecule has 1 aromatic heterocycles. The minimum absolute atomic E-state index is 0.0618. The van der Waals surface area contributed by atoms with Crippen LogP contribution in [0.3, 0.4) is 0 Å². The van der Waals surface area contributed by atoms with Crippen LogP contribution in [0, 0.1) is 5.92 Å². The van der Waals surface area contributed by atoms with Crippen LogP contribution in [-0.4, -0.2) is 59.8 Å². The lowest BCUT2D eigenvalue weighted by Gasteiger charge is -2.28. The highest BCUT2D eigenvalue weighted by atomic mass is 16.5. The Morgan fingerprint density at radius 2 is 1.82 bits per heavy atom. The first-order valence-corrected chi connectivity index (χ1v) is 16.2. The monoisotopic (exact) mass is 607 g/mol. The van der Waals surface area contributed by atoms with Gasteiger partial charge in [0.25, 0.3) is 11.8 Å². The number of amides is 2. The van der Waals surface area contributed by atoms with Gasteiger partial charge in [0.1, 0.15) is 0 Å². The van der Waals surface area contributed by atoms with Crippen molar-refractivity contribution in [2.75, 3.05) is 33.4 Å². The Hall–Kier alpha value is -4.30. The summed E-state index contributed by atoms with van der Waals surface area (Å²) in [5.74, 6) is 1.00. The lowest BCUT2D eigenvalue weighted by Crippen LogP contribution is -2.42. The molecule has 1 saturated heterocycles. The Balaban J connectivity index is 1.29. The molecule has 0 spiro atoms. The Morgan fingerprint density at radius 3 is 2.62 bits per heavy atom. The molecule has 2 unspecified atom stereocenters. The number of carbonyl (C=O) groups excluding carboxylic acids is 2. The molecule has 2 aromatic carbocycles. The number of hydrogen-bond donors (Lipinski definition) is 2. The van der Waals surface area contributed by atoms with Crippen molar-refractivity contribution < 1.29 is 24.2 Å². The molecular formula is C37H41N3O5. The molecule has 0 bridgehead atoms. The maximum Gasteiger partial charge on any atom is 0.251 e. The number of ether oxygens (including phenoxy) is 2. The summed E-state index contributed by atoms with van der Waals surface area (Å²) in [4.78, 5) is 29.4. The summed E-state index contributed by atoms with van der Waals surface area (Å²) in [7, 11) is 1.51. The average molecular weight is 608 g/mol. The van der Waals surface area contributed by atoms with Gasteiger partial charge in [-0.25, -0.2) is 0 Å². The van der Waals surface area contributed by atoms with Crippen LogP contribution in [0.2, 0.25) is 0 Å². The third-order valence-corrected chi connectivity index (χ3v) is 9.91. The van der Waals surface area contributed by atoms with E-state index < -0.39 is 0 Å². The van der Waals surface area contributed by atoms with Gasteiger partial charge in [0, 0.05) is 59.2 Å². The van der Waals surface area contributed by atoms with Gasteiger partial charge in [-0.3, -0.25) is 9.59 Å². The molecule has 2 atom stereocenters. The van der Waals surface area contributed by atoms with E-state index in [2.05, 4.69) is 46.3 Å². The summed E-state index contributed by atoms with van der Waals surface area (Å²) in [6.45, 7) is 3.10. The van der Waals surface area contributed by atoms with Gasteiger partial charge in [0.05, 0.1) is 26.9 Å². The lowest BCUT2D eigenvalue weighted by atomic mass is 9.77. The van der Waals surface area contributed by atoms with Gasteiger partial charge < -0.3 is 29.4 Å². The largest absolute Gasteiger partial charge is 0.504 e. The summed E-state index contributed by atoms with van der Waals surface area (Å²) in [5, 5.41) is 14.2. The number of nitrogens with zero attached hydrogens (tertiary/aromatic N) is 2. The van der Waals surface area contributed by atoms with E-state index in [1.54, 1.807) is 18.2 Å². The average Bonchev–Trinajstić information content (AvgIpc) is 3.30. The summed E-state index contributed by atoms with van der Waals surface area (Å²) < 4.78 is 13.1. The molecular weight excluding hydrogens is 566 g/mol. The number of morpholine rings is 1. The van der Waals surface area contributed by atoms with Gasteiger partial charge >= 0.3 is 0 Å². The zero-order valence-electron chi connectivity index (χ0n) is 25.8. The summed E-state index contributed by atoms with van der Waals surface area (Å²) in [5.41, 5.74) is 5.90. The number of phenols is 1. The number of benzene rings is 2. The minimum Gasteiger partial charge on any atom is -0.504 e. The first-order valence-electron chi connectivity index (χ1n) is 16.2. The maximum atomic E-state index is 14.0. The number of rotatable bonds is 6. The molecule has 3 heterocycles. The van der Waals surface area contributed by atoms with Gasteiger partial charge in [-0.15, -0.1) is 0 Å².